The van der Waals surface area contributed by atoms with Crippen molar-refractivity contribution in [2.75, 3.05) is 5.75 Å². The van der Waals surface area contributed by atoms with Gasteiger partial charge in [-0.25, -0.2) is 0 Å². The summed E-state index contributed by atoms with van der Waals surface area (Å²) in [5, 5.41) is 13.6. The topological polar surface area (TPSA) is 72.2 Å². The first-order valence-corrected chi connectivity index (χ1v) is 9.20. The highest BCUT2D eigenvalue weighted by Gasteiger charge is 2.11. The number of rotatable bonds is 7. The van der Waals surface area contributed by atoms with Crippen LogP contribution in [0.25, 0.3) is 0 Å². The van der Waals surface area contributed by atoms with E-state index in [1.54, 1.807) is 12.1 Å². The Morgan fingerprint density at radius 3 is 2.44 bits per heavy atom. The summed E-state index contributed by atoms with van der Waals surface area (Å²) in [7, 11) is 0. The zero-order chi connectivity index (χ0) is 18.4. The van der Waals surface area contributed by atoms with Gasteiger partial charge in [-0.05, 0) is 43.0 Å². The SMILES string of the molecule is Cc1ccc([C@H](C)NC(=O)CSCc2ccc([N+](=O)[O-])cc2)cc1C. The van der Waals surface area contributed by atoms with Crippen molar-refractivity contribution in [1.82, 2.24) is 5.32 Å². The van der Waals surface area contributed by atoms with Crippen molar-refractivity contribution in [3.63, 3.8) is 0 Å². The molecule has 0 aliphatic rings. The first kappa shape index (κ1) is 19.0. The zero-order valence-corrected chi connectivity index (χ0v) is 15.4. The molecule has 6 heteroatoms. The lowest BCUT2D eigenvalue weighted by Gasteiger charge is -2.15. The summed E-state index contributed by atoms with van der Waals surface area (Å²) in [5.41, 5.74) is 4.59. The number of nitro benzene ring substituents is 1. The number of nitro groups is 1. The van der Waals surface area contributed by atoms with Crippen LogP contribution in [0.3, 0.4) is 0 Å². The van der Waals surface area contributed by atoms with Crippen molar-refractivity contribution in [3.8, 4) is 0 Å². The van der Waals surface area contributed by atoms with Gasteiger partial charge in [-0.3, -0.25) is 14.9 Å². The number of benzene rings is 2. The molecular weight excluding hydrogens is 336 g/mol. The molecule has 0 aliphatic heterocycles. The summed E-state index contributed by atoms with van der Waals surface area (Å²) < 4.78 is 0. The summed E-state index contributed by atoms with van der Waals surface area (Å²) in [6.07, 6.45) is 0. The number of hydrogen-bond donors (Lipinski definition) is 1. The van der Waals surface area contributed by atoms with Crippen molar-refractivity contribution < 1.29 is 9.72 Å². The van der Waals surface area contributed by atoms with Crippen molar-refractivity contribution in [1.29, 1.82) is 0 Å². The van der Waals surface area contributed by atoms with Gasteiger partial charge in [0, 0.05) is 17.9 Å². The van der Waals surface area contributed by atoms with Crippen LogP contribution in [0.5, 0.6) is 0 Å². The highest BCUT2D eigenvalue weighted by molar-refractivity contribution is 7.99. The van der Waals surface area contributed by atoms with Gasteiger partial charge in [-0.1, -0.05) is 30.3 Å². The molecule has 0 saturated carbocycles. The minimum Gasteiger partial charge on any atom is -0.349 e. The molecule has 2 aromatic rings. The van der Waals surface area contributed by atoms with Crippen LogP contribution in [0.15, 0.2) is 42.5 Å². The lowest BCUT2D eigenvalue weighted by atomic mass is 10.0. The quantitative estimate of drug-likeness (QED) is 0.591. The number of thioether (sulfide) groups is 1. The van der Waals surface area contributed by atoms with Gasteiger partial charge in [-0.15, -0.1) is 11.8 Å². The molecule has 0 fully saturated rings. The van der Waals surface area contributed by atoms with Gasteiger partial charge in [0.1, 0.15) is 0 Å². The van der Waals surface area contributed by atoms with E-state index in [9.17, 15) is 14.9 Å². The Hall–Kier alpha value is -2.34. The van der Waals surface area contributed by atoms with Gasteiger partial charge < -0.3 is 5.32 Å². The van der Waals surface area contributed by atoms with Gasteiger partial charge in [0.15, 0.2) is 0 Å². The molecule has 132 valence electrons. The van der Waals surface area contributed by atoms with Gasteiger partial charge in [0.05, 0.1) is 16.7 Å². The predicted octanol–water partition coefficient (Wildman–Crippen LogP) is 4.32. The number of carbonyl (C=O) groups excluding carboxylic acids is 1. The third-order valence-corrected chi connectivity index (χ3v) is 5.06. The van der Waals surface area contributed by atoms with Gasteiger partial charge in [0.25, 0.3) is 5.69 Å². The van der Waals surface area contributed by atoms with E-state index in [0.29, 0.717) is 11.5 Å². The van der Waals surface area contributed by atoms with Crippen LogP contribution < -0.4 is 5.32 Å². The lowest BCUT2D eigenvalue weighted by Crippen LogP contribution is -2.28. The number of amides is 1. The molecule has 0 bridgehead atoms. The third-order valence-electron chi connectivity index (χ3n) is 4.06. The molecule has 0 heterocycles. The molecule has 1 atom stereocenters. The van der Waals surface area contributed by atoms with E-state index in [2.05, 4.69) is 31.3 Å². The molecule has 0 aromatic heterocycles. The lowest BCUT2D eigenvalue weighted by molar-refractivity contribution is -0.384. The van der Waals surface area contributed by atoms with Gasteiger partial charge >= 0.3 is 0 Å². The number of aryl methyl sites for hydroxylation is 2. The summed E-state index contributed by atoms with van der Waals surface area (Å²) in [6, 6.07) is 12.6. The fourth-order valence-corrected chi connectivity index (χ4v) is 3.17. The third kappa shape index (κ3) is 5.60. The summed E-state index contributed by atoms with van der Waals surface area (Å²) in [4.78, 5) is 22.3. The van der Waals surface area contributed by atoms with E-state index in [1.165, 1.54) is 35.0 Å². The van der Waals surface area contributed by atoms with Crippen LogP contribution in [0, 0.1) is 24.0 Å². The average molecular weight is 358 g/mol. The van der Waals surface area contributed by atoms with Gasteiger partial charge in [0.2, 0.25) is 5.91 Å². The Bertz CT molecular complexity index is 760. The van der Waals surface area contributed by atoms with E-state index in [1.807, 2.05) is 13.0 Å². The zero-order valence-electron chi connectivity index (χ0n) is 14.6. The molecule has 0 aliphatic carbocycles. The molecule has 1 N–H and O–H groups in total. The maximum atomic E-state index is 12.1. The van der Waals surface area contributed by atoms with Gasteiger partial charge in [-0.2, -0.15) is 0 Å². The van der Waals surface area contributed by atoms with Crippen LogP contribution in [-0.2, 0) is 10.5 Å². The fraction of sp³-hybridized carbons (Fsp3) is 0.316. The predicted molar refractivity (Wildman–Crippen MR) is 102 cm³/mol. The standard InChI is InChI=1S/C19H22N2O3S/c1-13-4-7-17(10-14(13)2)15(3)20-19(22)12-25-11-16-5-8-18(9-6-16)21(23)24/h4-10,15H,11-12H2,1-3H3,(H,20,22)/t15-/m0/s1. The van der Waals surface area contributed by atoms with Crippen molar-refractivity contribution >= 4 is 23.4 Å². The van der Waals surface area contributed by atoms with E-state index in [-0.39, 0.29) is 17.6 Å². The number of non-ortho nitro benzene ring substituents is 1. The molecule has 2 rings (SSSR count). The molecular formula is C19H22N2O3S. The molecule has 0 saturated heterocycles. The fourth-order valence-electron chi connectivity index (χ4n) is 2.38. The Labute approximate surface area is 152 Å². The summed E-state index contributed by atoms with van der Waals surface area (Å²) in [5.74, 6) is 0.980. The van der Waals surface area contributed by atoms with E-state index in [4.69, 9.17) is 0 Å². The molecule has 5 nitrogen and oxygen atoms in total. The molecule has 0 radical (unpaired) electrons. The Morgan fingerprint density at radius 2 is 1.84 bits per heavy atom. The maximum Gasteiger partial charge on any atom is 0.269 e. The number of nitrogens with one attached hydrogen (secondary N) is 1. The summed E-state index contributed by atoms with van der Waals surface area (Å²) in [6.45, 7) is 6.10. The highest BCUT2D eigenvalue weighted by atomic mass is 32.2. The van der Waals surface area contributed by atoms with Crippen LogP contribution >= 0.6 is 11.8 Å². The Morgan fingerprint density at radius 1 is 1.16 bits per heavy atom. The highest BCUT2D eigenvalue weighted by Crippen LogP contribution is 2.19. The maximum absolute atomic E-state index is 12.1. The Kier molecular flexibility index (Phi) is 6.58. The van der Waals surface area contributed by atoms with Crippen molar-refractivity contribution in [2.24, 2.45) is 0 Å². The summed E-state index contributed by atoms with van der Waals surface area (Å²) >= 11 is 1.49. The normalized spacial score (nSPS) is 11.8. The number of nitrogens with zero attached hydrogens (tertiary/aromatic N) is 1. The Balaban J connectivity index is 1.79. The van der Waals surface area contributed by atoms with Crippen LogP contribution in [0.2, 0.25) is 0 Å². The smallest absolute Gasteiger partial charge is 0.269 e. The van der Waals surface area contributed by atoms with Crippen LogP contribution in [0.4, 0.5) is 5.69 Å². The second-order valence-electron chi connectivity index (χ2n) is 6.05. The number of hydrogen-bond acceptors (Lipinski definition) is 4. The molecule has 25 heavy (non-hydrogen) atoms. The first-order chi connectivity index (χ1) is 11.9. The minimum absolute atomic E-state index is 0.0161. The first-order valence-electron chi connectivity index (χ1n) is 8.04. The van der Waals surface area contributed by atoms with Crippen molar-refractivity contribution in [3.05, 3.63) is 74.8 Å². The monoisotopic (exact) mass is 358 g/mol. The van der Waals surface area contributed by atoms with Crippen LogP contribution in [0.1, 0.15) is 35.2 Å². The van der Waals surface area contributed by atoms with Crippen LogP contribution in [-0.4, -0.2) is 16.6 Å². The second-order valence-corrected chi connectivity index (χ2v) is 7.03. The minimum atomic E-state index is -0.418. The number of carbonyl (C=O) groups is 1. The molecule has 0 unspecified atom stereocenters. The molecule has 1 amide bonds. The molecule has 2 aromatic carbocycles. The van der Waals surface area contributed by atoms with E-state index >= 15 is 0 Å². The largest absolute Gasteiger partial charge is 0.349 e. The van der Waals surface area contributed by atoms with E-state index < -0.39 is 4.92 Å². The van der Waals surface area contributed by atoms with E-state index in [0.717, 1.165) is 11.1 Å². The average Bonchev–Trinajstić information content (AvgIpc) is 2.57. The molecule has 0 spiro atoms. The second kappa shape index (κ2) is 8.67. The van der Waals surface area contributed by atoms with Crippen molar-refractivity contribution in [2.45, 2.75) is 32.6 Å².